The third-order valence-electron chi connectivity index (χ3n) is 1.41. The van der Waals surface area contributed by atoms with Gasteiger partial charge >= 0.3 is 0 Å². The van der Waals surface area contributed by atoms with Gasteiger partial charge in [-0.2, -0.15) is 0 Å². The standard InChI is InChI=1S/C8H8N2O2/c9-8(12)6-3-1-2-4-7(6)10-5-11/h1-5H,(H2,9,12)(H,10,11). The molecular formula is C8H8N2O2. The molecule has 0 heterocycles. The van der Waals surface area contributed by atoms with Crippen LogP contribution in [0, 0.1) is 0 Å². The molecular weight excluding hydrogens is 156 g/mol. The van der Waals surface area contributed by atoms with Crippen molar-refractivity contribution in [3.05, 3.63) is 29.8 Å². The summed E-state index contributed by atoms with van der Waals surface area (Å²) in [7, 11) is 0. The molecule has 3 N–H and O–H groups in total. The van der Waals surface area contributed by atoms with Gasteiger partial charge in [-0.3, -0.25) is 9.59 Å². The molecule has 0 unspecified atom stereocenters. The van der Waals surface area contributed by atoms with Gasteiger partial charge in [0.1, 0.15) is 0 Å². The first kappa shape index (κ1) is 8.26. The minimum Gasteiger partial charge on any atom is -0.366 e. The number of hydrogen-bond acceptors (Lipinski definition) is 2. The van der Waals surface area contributed by atoms with Crippen LogP contribution in [0.15, 0.2) is 24.3 Å². The van der Waals surface area contributed by atoms with Gasteiger partial charge in [0.15, 0.2) is 0 Å². The predicted octanol–water partition coefficient (Wildman–Crippen LogP) is 0.354. The first-order valence-electron chi connectivity index (χ1n) is 3.34. The molecule has 0 spiro atoms. The largest absolute Gasteiger partial charge is 0.366 e. The van der Waals surface area contributed by atoms with Crippen LogP contribution < -0.4 is 11.1 Å². The predicted molar refractivity (Wildman–Crippen MR) is 44.6 cm³/mol. The highest BCUT2D eigenvalue weighted by atomic mass is 16.1. The number of anilines is 1. The molecule has 0 saturated heterocycles. The number of benzene rings is 1. The van der Waals surface area contributed by atoms with E-state index < -0.39 is 5.91 Å². The van der Waals surface area contributed by atoms with E-state index in [0.29, 0.717) is 17.7 Å². The average Bonchev–Trinajstić information content (AvgIpc) is 2.05. The van der Waals surface area contributed by atoms with Crippen LogP contribution in [0.2, 0.25) is 0 Å². The molecule has 1 aromatic carbocycles. The van der Waals surface area contributed by atoms with Crippen molar-refractivity contribution in [2.45, 2.75) is 0 Å². The molecule has 12 heavy (non-hydrogen) atoms. The molecule has 1 aromatic rings. The number of carbonyl (C=O) groups is 2. The molecule has 0 bridgehead atoms. The third-order valence-corrected chi connectivity index (χ3v) is 1.41. The monoisotopic (exact) mass is 164 g/mol. The van der Waals surface area contributed by atoms with Crippen molar-refractivity contribution < 1.29 is 9.59 Å². The maximum Gasteiger partial charge on any atom is 0.250 e. The van der Waals surface area contributed by atoms with Gasteiger partial charge in [0.25, 0.3) is 5.91 Å². The molecule has 62 valence electrons. The summed E-state index contributed by atoms with van der Waals surface area (Å²) in [4.78, 5) is 20.8. The summed E-state index contributed by atoms with van der Waals surface area (Å²) in [5.41, 5.74) is 5.79. The average molecular weight is 164 g/mol. The summed E-state index contributed by atoms with van der Waals surface area (Å²) in [6, 6.07) is 6.54. The van der Waals surface area contributed by atoms with Crippen molar-refractivity contribution in [2.75, 3.05) is 5.32 Å². The van der Waals surface area contributed by atoms with Crippen LogP contribution >= 0.6 is 0 Å². The third kappa shape index (κ3) is 1.60. The first-order chi connectivity index (χ1) is 5.75. The van der Waals surface area contributed by atoms with E-state index in [4.69, 9.17) is 5.73 Å². The van der Waals surface area contributed by atoms with E-state index in [1.54, 1.807) is 24.3 Å². The Hall–Kier alpha value is -1.84. The lowest BCUT2D eigenvalue weighted by atomic mass is 10.2. The Morgan fingerprint density at radius 3 is 2.67 bits per heavy atom. The Morgan fingerprint density at radius 1 is 1.42 bits per heavy atom. The van der Waals surface area contributed by atoms with Gasteiger partial charge in [0.05, 0.1) is 11.3 Å². The molecule has 2 amide bonds. The van der Waals surface area contributed by atoms with Gasteiger partial charge in [-0.15, -0.1) is 0 Å². The molecule has 0 radical (unpaired) electrons. The fourth-order valence-electron chi connectivity index (χ4n) is 0.887. The number of hydrogen-bond donors (Lipinski definition) is 2. The van der Waals surface area contributed by atoms with Gasteiger partial charge in [-0.05, 0) is 12.1 Å². The zero-order chi connectivity index (χ0) is 8.97. The van der Waals surface area contributed by atoms with Crippen LogP contribution in [0.4, 0.5) is 5.69 Å². The van der Waals surface area contributed by atoms with Gasteiger partial charge in [0, 0.05) is 0 Å². The first-order valence-corrected chi connectivity index (χ1v) is 3.34. The van der Waals surface area contributed by atoms with E-state index in [-0.39, 0.29) is 0 Å². The quantitative estimate of drug-likeness (QED) is 0.633. The zero-order valence-electron chi connectivity index (χ0n) is 6.28. The maximum absolute atomic E-state index is 10.8. The summed E-state index contributed by atoms with van der Waals surface area (Å²) >= 11 is 0. The van der Waals surface area contributed by atoms with E-state index in [0.717, 1.165) is 0 Å². The normalized spacial score (nSPS) is 9.00. The van der Waals surface area contributed by atoms with Crippen LogP contribution in [0.5, 0.6) is 0 Å². The number of carbonyl (C=O) groups excluding carboxylic acids is 2. The van der Waals surface area contributed by atoms with Crippen LogP contribution in [0.3, 0.4) is 0 Å². The highest BCUT2D eigenvalue weighted by Gasteiger charge is 2.04. The molecule has 0 aliphatic rings. The van der Waals surface area contributed by atoms with Crippen molar-refractivity contribution >= 4 is 18.0 Å². The van der Waals surface area contributed by atoms with Gasteiger partial charge in [-0.25, -0.2) is 0 Å². The number of para-hydroxylation sites is 1. The second-order valence-corrected chi connectivity index (χ2v) is 2.17. The Balaban J connectivity index is 3.07. The van der Waals surface area contributed by atoms with Crippen LogP contribution in [0.25, 0.3) is 0 Å². The number of nitrogens with one attached hydrogen (secondary N) is 1. The van der Waals surface area contributed by atoms with Crippen LogP contribution in [-0.2, 0) is 4.79 Å². The fourth-order valence-corrected chi connectivity index (χ4v) is 0.887. The van der Waals surface area contributed by atoms with Gasteiger partial charge in [0.2, 0.25) is 6.41 Å². The molecule has 0 aliphatic heterocycles. The number of nitrogens with two attached hydrogens (primary N) is 1. The second-order valence-electron chi connectivity index (χ2n) is 2.17. The highest BCUT2D eigenvalue weighted by molar-refractivity contribution is 6.00. The van der Waals surface area contributed by atoms with E-state index in [9.17, 15) is 9.59 Å². The number of primary amides is 1. The van der Waals surface area contributed by atoms with Crippen LogP contribution in [-0.4, -0.2) is 12.3 Å². The molecule has 1 rings (SSSR count). The minimum atomic E-state index is -0.556. The summed E-state index contributed by atoms with van der Waals surface area (Å²) < 4.78 is 0. The molecule has 4 nitrogen and oxygen atoms in total. The second kappa shape index (κ2) is 3.52. The zero-order valence-corrected chi connectivity index (χ0v) is 6.28. The van der Waals surface area contributed by atoms with Crippen molar-refractivity contribution in [3.63, 3.8) is 0 Å². The van der Waals surface area contributed by atoms with Gasteiger partial charge < -0.3 is 11.1 Å². The summed E-state index contributed by atoms with van der Waals surface area (Å²) in [6.45, 7) is 0. The summed E-state index contributed by atoms with van der Waals surface area (Å²) in [5.74, 6) is -0.556. The lowest BCUT2D eigenvalue weighted by molar-refractivity contribution is -0.105. The Kier molecular flexibility index (Phi) is 2.42. The topological polar surface area (TPSA) is 72.2 Å². The summed E-state index contributed by atoms with van der Waals surface area (Å²) in [6.07, 6.45) is 0.502. The van der Waals surface area contributed by atoms with E-state index in [2.05, 4.69) is 5.32 Å². The minimum absolute atomic E-state index is 0.310. The SMILES string of the molecule is NC(=O)c1ccccc1NC=O. The lowest BCUT2D eigenvalue weighted by Gasteiger charge is -2.02. The molecule has 0 aromatic heterocycles. The Labute approximate surface area is 69.4 Å². The molecule has 0 atom stereocenters. The smallest absolute Gasteiger partial charge is 0.250 e. The van der Waals surface area contributed by atoms with E-state index in [1.165, 1.54) is 0 Å². The highest BCUT2D eigenvalue weighted by Crippen LogP contribution is 2.12. The molecule has 0 saturated carbocycles. The number of rotatable bonds is 3. The van der Waals surface area contributed by atoms with Crippen molar-refractivity contribution in [3.8, 4) is 0 Å². The molecule has 0 fully saturated rings. The van der Waals surface area contributed by atoms with Gasteiger partial charge in [-0.1, -0.05) is 12.1 Å². The summed E-state index contributed by atoms with van der Waals surface area (Å²) in [5, 5.41) is 2.38. The fraction of sp³-hybridized carbons (Fsp3) is 0. The van der Waals surface area contributed by atoms with Crippen molar-refractivity contribution in [1.82, 2.24) is 0 Å². The van der Waals surface area contributed by atoms with Crippen molar-refractivity contribution in [2.24, 2.45) is 5.73 Å². The molecule has 0 aliphatic carbocycles. The Bertz CT molecular complexity index is 310. The van der Waals surface area contributed by atoms with Crippen molar-refractivity contribution in [1.29, 1.82) is 0 Å². The molecule has 4 heteroatoms. The number of amides is 2. The van der Waals surface area contributed by atoms with E-state index in [1.807, 2.05) is 0 Å². The lowest BCUT2D eigenvalue weighted by Crippen LogP contribution is -2.13. The van der Waals surface area contributed by atoms with Crippen LogP contribution in [0.1, 0.15) is 10.4 Å². The van der Waals surface area contributed by atoms with E-state index >= 15 is 0 Å². The Morgan fingerprint density at radius 2 is 2.08 bits per heavy atom. The maximum atomic E-state index is 10.8.